The normalized spacial score (nSPS) is 11.2. The molecule has 0 saturated heterocycles. The molecule has 4 heterocycles. The van der Waals surface area contributed by atoms with E-state index in [1.54, 1.807) is 23.7 Å². The van der Waals surface area contributed by atoms with Crippen molar-refractivity contribution in [2.75, 3.05) is 5.32 Å². The molecule has 0 bridgehead atoms. The van der Waals surface area contributed by atoms with E-state index in [-0.39, 0.29) is 17.3 Å². The molecule has 5 aromatic rings. The Morgan fingerprint density at radius 3 is 2.71 bits per heavy atom. The molecule has 0 aliphatic carbocycles. The van der Waals surface area contributed by atoms with Crippen molar-refractivity contribution in [3.05, 3.63) is 81.2 Å². The Morgan fingerprint density at radius 2 is 1.97 bits per heavy atom. The summed E-state index contributed by atoms with van der Waals surface area (Å²) in [6.07, 6.45) is 1.46. The van der Waals surface area contributed by atoms with Crippen molar-refractivity contribution >= 4 is 38.7 Å². The zero-order valence-electron chi connectivity index (χ0n) is 16.0. The van der Waals surface area contributed by atoms with E-state index in [2.05, 4.69) is 41.4 Å². The summed E-state index contributed by atoms with van der Waals surface area (Å²) in [5, 5.41) is 11.7. The van der Waals surface area contributed by atoms with Gasteiger partial charge in [-0.1, -0.05) is 18.2 Å². The average molecular weight is 480 g/mol. The number of aryl methyl sites for hydroxylation is 1. The van der Waals surface area contributed by atoms with E-state index in [1.807, 2.05) is 30.3 Å². The molecule has 0 aliphatic heterocycles. The highest BCUT2D eigenvalue weighted by molar-refractivity contribution is 9.10. The number of halogens is 1. The van der Waals surface area contributed by atoms with E-state index >= 15 is 0 Å². The van der Waals surface area contributed by atoms with Gasteiger partial charge in [-0.25, -0.2) is 4.68 Å². The van der Waals surface area contributed by atoms with E-state index < -0.39 is 5.91 Å². The Hall–Kier alpha value is -3.99. The minimum absolute atomic E-state index is 0.122. The molecule has 0 aliphatic rings. The van der Waals surface area contributed by atoms with Gasteiger partial charge in [-0.15, -0.1) is 0 Å². The summed E-state index contributed by atoms with van der Waals surface area (Å²) in [5.74, 6) is 0.114. The number of fused-ring (bicyclic) bond motifs is 1. The molecule has 1 amide bonds. The van der Waals surface area contributed by atoms with E-state index in [0.29, 0.717) is 27.2 Å². The van der Waals surface area contributed by atoms with Crippen LogP contribution in [0.2, 0.25) is 0 Å². The monoisotopic (exact) mass is 479 g/mol. The lowest BCUT2D eigenvalue weighted by molar-refractivity contribution is 0.0994. The molecular weight excluding hydrogens is 466 g/mol. The molecule has 0 saturated carbocycles. The van der Waals surface area contributed by atoms with Crippen molar-refractivity contribution in [2.45, 2.75) is 6.92 Å². The van der Waals surface area contributed by atoms with Gasteiger partial charge in [-0.05, 0) is 47.1 Å². The Morgan fingerprint density at radius 1 is 1.16 bits per heavy atom. The number of benzene rings is 1. The number of carbonyl (C=O) groups is 1. The summed E-state index contributed by atoms with van der Waals surface area (Å²) in [5.41, 5.74) is 1.37. The lowest BCUT2D eigenvalue weighted by Gasteiger charge is -2.08. The highest BCUT2D eigenvalue weighted by Gasteiger charge is 2.18. The molecule has 11 heteroatoms. The molecule has 0 unspecified atom stereocenters. The molecule has 0 radical (unpaired) electrons. The lowest BCUT2D eigenvalue weighted by atomic mass is 10.3. The van der Waals surface area contributed by atoms with Gasteiger partial charge in [-0.2, -0.15) is 19.9 Å². The molecule has 0 atom stereocenters. The quantitative estimate of drug-likeness (QED) is 0.407. The molecule has 2 N–H and O–H groups in total. The SMILES string of the molecule is Cc1cc(NC(=O)c2ccc(Br)o2)n(-c2nc3c(cnn3-c3ccccc3)c(=O)[nH]2)n1. The third-order valence-corrected chi connectivity index (χ3v) is 4.92. The van der Waals surface area contributed by atoms with Crippen molar-refractivity contribution in [3.8, 4) is 11.6 Å². The van der Waals surface area contributed by atoms with Gasteiger partial charge in [-0.3, -0.25) is 14.6 Å². The molecule has 154 valence electrons. The molecular formula is C20H14BrN7O3. The maximum atomic E-state index is 12.7. The third kappa shape index (κ3) is 3.44. The molecule has 0 fully saturated rings. The number of nitrogens with one attached hydrogen (secondary N) is 2. The van der Waals surface area contributed by atoms with Gasteiger partial charge >= 0.3 is 0 Å². The summed E-state index contributed by atoms with van der Waals surface area (Å²) in [6, 6.07) is 14.2. The van der Waals surface area contributed by atoms with E-state index in [1.165, 1.54) is 16.9 Å². The molecule has 1 aromatic carbocycles. The van der Waals surface area contributed by atoms with Crippen LogP contribution in [0.15, 0.2) is 68.6 Å². The lowest BCUT2D eigenvalue weighted by Crippen LogP contribution is -2.19. The Labute approximate surface area is 182 Å². The molecule has 10 nitrogen and oxygen atoms in total. The first-order valence-corrected chi connectivity index (χ1v) is 9.96. The summed E-state index contributed by atoms with van der Waals surface area (Å²) >= 11 is 3.17. The average Bonchev–Trinajstić information content (AvgIpc) is 3.47. The first-order chi connectivity index (χ1) is 15.0. The number of hydrogen-bond donors (Lipinski definition) is 2. The van der Waals surface area contributed by atoms with Gasteiger partial charge in [0.2, 0.25) is 5.95 Å². The number of rotatable bonds is 4. The molecule has 4 aromatic heterocycles. The number of H-pyrrole nitrogens is 1. The van der Waals surface area contributed by atoms with Gasteiger partial charge in [0, 0.05) is 6.07 Å². The number of carbonyl (C=O) groups excluding carboxylic acids is 1. The summed E-state index contributed by atoms with van der Waals surface area (Å²) in [7, 11) is 0. The van der Waals surface area contributed by atoms with Crippen molar-refractivity contribution in [3.63, 3.8) is 0 Å². The number of anilines is 1. The predicted octanol–water partition coefficient (Wildman–Crippen LogP) is 3.21. The number of hydrogen-bond acceptors (Lipinski definition) is 6. The number of aromatic nitrogens is 6. The maximum absolute atomic E-state index is 12.7. The number of nitrogens with zero attached hydrogens (tertiary/aromatic N) is 5. The van der Waals surface area contributed by atoms with Crippen molar-refractivity contribution < 1.29 is 9.21 Å². The smallest absolute Gasteiger partial charge is 0.292 e. The number of para-hydroxylation sites is 1. The summed E-state index contributed by atoms with van der Waals surface area (Å²) < 4.78 is 8.66. The highest BCUT2D eigenvalue weighted by Crippen LogP contribution is 2.20. The molecule has 31 heavy (non-hydrogen) atoms. The Balaban J connectivity index is 1.60. The second-order valence-electron chi connectivity index (χ2n) is 6.66. The maximum Gasteiger partial charge on any atom is 0.292 e. The fourth-order valence-corrected chi connectivity index (χ4v) is 3.44. The zero-order valence-corrected chi connectivity index (χ0v) is 17.6. The number of amides is 1. The number of furan rings is 1. The van der Waals surface area contributed by atoms with Crippen LogP contribution in [0, 0.1) is 6.92 Å². The number of aromatic amines is 1. The Kier molecular flexibility index (Phi) is 4.51. The zero-order chi connectivity index (χ0) is 21.5. The van der Waals surface area contributed by atoms with Gasteiger partial charge in [0.25, 0.3) is 11.5 Å². The van der Waals surface area contributed by atoms with Gasteiger partial charge in [0.05, 0.1) is 17.6 Å². The van der Waals surface area contributed by atoms with Crippen molar-refractivity contribution in [1.29, 1.82) is 0 Å². The van der Waals surface area contributed by atoms with Crippen LogP contribution in [-0.4, -0.2) is 35.4 Å². The standard InChI is InChI=1S/C20H14BrN7O3/c1-11-9-16(23-19(30)14-7-8-15(21)31-14)28(26-11)20-24-17-13(18(29)25-20)10-22-27(17)12-5-3-2-4-6-12/h2-10H,1H3,(H,23,30)(H,24,25,29). The second-order valence-corrected chi connectivity index (χ2v) is 7.44. The van der Waals surface area contributed by atoms with E-state index in [9.17, 15) is 9.59 Å². The first kappa shape index (κ1) is 19.0. The van der Waals surface area contributed by atoms with Crippen LogP contribution in [0.1, 0.15) is 16.2 Å². The minimum atomic E-state index is -0.468. The van der Waals surface area contributed by atoms with Crippen LogP contribution in [0.25, 0.3) is 22.7 Å². The summed E-state index contributed by atoms with van der Waals surface area (Å²) in [6.45, 7) is 1.76. The van der Waals surface area contributed by atoms with Gasteiger partial charge < -0.3 is 9.73 Å². The molecule has 0 spiro atoms. The second kappa shape index (κ2) is 7.36. The largest absolute Gasteiger partial charge is 0.444 e. The Bertz CT molecular complexity index is 1480. The first-order valence-electron chi connectivity index (χ1n) is 9.17. The van der Waals surface area contributed by atoms with Crippen LogP contribution in [-0.2, 0) is 0 Å². The van der Waals surface area contributed by atoms with Crippen LogP contribution in [0.3, 0.4) is 0 Å². The van der Waals surface area contributed by atoms with Crippen LogP contribution in [0.4, 0.5) is 5.82 Å². The van der Waals surface area contributed by atoms with E-state index in [0.717, 1.165) is 5.69 Å². The van der Waals surface area contributed by atoms with Gasteiger partial charge in [0.1, 0.15) is 11.2 Å². The van der Waals surface area contributed by atoms with Crippen molar-refractivity contribution in [2.24, 2.45) is 0 Å². The fraction of sp³-hybridized carbons (Fsp3) is 0.0500. The van der Waals surface area contributed by atoms with E-state index in [4.69, 9.17) is 4.42 Å². The molecule has 5 rings (SSSR count). The van der Waals surface area contributed by atoms with Crippen LogP contribution in [0.5, 0.6) is 0 Å². The fourth-order valence-electron chi connectivity index (χ4n) is 3.13. The van der Waals surface area contributed by atoms with Gasteiger partial charge in [0.15, 0.2) is 16.1 Å². The van der Waals surface area contributed by atoms with Crippen molar-refractivity contribution in [1.82, 2.24) is 29.5 Å². The predicted molar refractivity (Wildman–Crippen MR) is 116 cm³/mol. The minimum Gasteiger partial charge on any atom is -0.444 e. The topological polar surface area (TPSA) is 124 Å². The van der Waals surface area contributed by atoms with Crippen LogP contribution < -0.4 is 10.9 Å². The highest BCUT2D eigenvalue weighted by atomic mass is 79.9. The summed E-state index contributed by atoms with van der Waals surface area (Å²) in [4.78, 5) is 32.5. The third-order valence-electron chi connectivity index (χ3n) is 4.50. The van der Waals surface area contributed by atoms with Crippen LogP contribution >= 0.6 is 15.9 Å².